The lowest BCUT2D eigenvalue weighted by Crippen LogP contribution is -2.18. The standard InChI is InChI=1S/C13H17F2O5P/c1-4-18-21(17,19-5-2)13(14,15)11-6-8-12(9-7-11)20-10(3)16/h6-9H,4-5H2,1-3H3. The summed E-state index contributed by atoms with van der Waals surface area (Å²) < 4.78 is 55.0. The van der Waals surface area contributed by atoms with Crippen LogP contribution in [-0.2, 0) is 24.1 Å². The SMILES string of the molecule is CCOP(=O)(OCC)C(F)(F)c1ccc(OC(C)=O)cc1. The van der Waals surface area contributed by atoms with Gasteiger partial charge in [-0.2, -0.15) is 8.78 Å². The van der Waals surface area contributed by atoms with Crippen LogP contribution in [0.5, 0.6) is 5.75 Å². The summed E-state index contributed by atoms with van der Waals surface area (Å²) in [5.41, 5.74) is -4.34. The Balaban J connectivity index is 3.10. The van der Waals surface area contributed by atoms with Crippen LogP contribution in [-0.4, -0.2) is 19.2 Å². The highest BCUT2D eigenvalue weighted by Crippen LogP contribution is 2.66. The molecule has 0 atom stereocenters. The molecule has 21 heavy (non-hydrogen) atoms. The van der Waals surface area contributed by atoms with Gasteiger partial charge >= 0.3 is 19.2 Å². The van der Waals surface area contributed by atoms with Crippen molar-refractivity contribution in [3.05, 3.63) is 29.8 Å². The van der Waals surface area contributed by atoms with Crippen LogP contribution in [0.2, 0.25) is 0 Å². The number of hydrogen-bond donors (Lipinski definition) is 0. The van der Waals surface area contributed by atoms with Crippen molar-refractivity contribution in [2.24, 2.45) is 0 Å². The van der Waals surface area contributed by atoms with Gasteiger partial charge in [0.25, 0.3) is 0 Å². The number of halogens is 2. The van der Waals surface area contributed by atoms with Gasteiger partial charge in [0, 0.05) is 12.5 Å². The minimum absolute atomic E-state index is 0.115. The predicted molar refractivity (Wildman–Crippen MR) is 72.5 cm³/mol. The maximum atomic E-state index is 14.4. The Morgan fingerprint density at radius 3 is 2.00 bits per heavy atom. The van der Waals surface area contributed by atoms with E-state index in [1.54, 1.807) is 0 Å². The monoisotopic (exact) mass is 322 g/mol. The average molecular weight is 322 g/mol. The first-order valence-corrected chi connectivity index (χ1v) is 7.87. The first-order chi connectivity index (χ1) is 9.76. The van der Waals surface area contributed by atoms with Crippen molar-refractivity contribution in [3.8, 4) is 5.75 Å². The second-order valence-corrected chi connectivity index (χ2v) is 6.07. The summed E-state index contributed by atoms with van der Waals surface area (Å²) in [4.78, 5) is 10.8. The second-order valence-electron chi connectivity index (χ2n) is 3.99. The van der Waals surface area contributed by atoms with Crippen LogP contribution < -0.4 is 4.74 Å². The highest BCUT2D eigenvalue weighted by Gasteiger charge is 2.54. The number of rotatable bonds is 7. The minimum Gasteiger partial charge on any atom is -0.427 e. The topological polar surface area (TPSA) is 61.8 Å². The van der Waals surface area contributed by atoms with Crippen molar-refractivity contribution < 1.29 is 31.9 Å². The van der Waals surface area contributed by atoms with E-state index in [4.69, 9.17) is 4.74 Å². The molecule has 1 rings (SSSR count). The van der Waals surface area contributed by atoms with Gasteiger partial charge < -0.3 is 13.8 Å². The van der Waals surface area contributed by atoms with E-state index < -0.39 is 24.8 Å². The molecule has 118 valence electrons. The summed E-state index contributed by atoms with van der Waals surface area (Å²) in [6.45, 7) is 3.76. The number of esters is 1. The maximum absolute atomic E-state index is 14.4. The van der Waals surface area contributed by atoms with Gasteiger partial charge in [-0.25, -0.2) is 0 Å². The zero-order valence-electron chi connectivity index (χ0n) is 12.0. The van der Waals surface area contributed by atoms with Crippen molar-refractivity contribution in [3.63, 3.8) is 0 Å². The molecular weight excluding hydrogens is 305 g/mol. The van der Waals surface area contributed by atoms with E-state index in [9.17, 15) is 18.1 Å². The van der Waals surface area contributed by atoms with Crippen LogP contribution in [0, 0.1) is 0 Å². The number of ether oxygens (including phenoxy) is 1. The summed E-state index contributed by atoms with van der Waals surface area (Å²) in [5.74, 6) is -0.450. The van der Waals surface area contributed by atoms with Gasteiger partial charge in [0.2, 0.25) is 0 Å². The van der Waals surface area contributed by atoms with E-state index >= 15 is 0 Å². The zero-order valence-corrected chi connectivity index (χ0v) is 12.9. The third-order valence-corrected chi connectivity index (χ3v) is 4.55. The molecule has 5 nitrogen and oxygen atoms in total. The van der Waals surface area contributed by atoms with Crippen molar-refractivity contribution in [1.82, 2.24) is 0 Å². The first-order valence-electron chi connectivity index (χ1n) is 6.32. The molecule has 0 radical (unpaired) electrons. The highest BCUT2D eigenvalue weighted by molar-refractivity contribution is 7.54. The zero-order chi connectivity index (χ0) is 16.1. The normalized spacial score (nSPS) is 12.2. The summed E-state index contributed by atoms with van der Waals surface area (Å²) in [7, 11) is -4.63. The van der Waals surface area contributed by atoms with Crippen LogP contribution in [0.4, 0.5) is 8.78 Å². The molecule has 0 fully saturated rings. The average Bonchev–Trinajstić information content (AvgIpc) is 2.39. The van der Waals surface area contributed by atoms with Gasteiger partial charge in [0.1, 0.15) is 5.75 Å². The Hall–Kier alpha value is -1.30. The highest BCUT2D eigenvalue weighted by atomic mass is 31.2. The molecule has 0 bridgehead atoms. The molecule has 1 aromatic rings. The number of alkyl halides is 2. The number of benzene rings is 1. The Morgan fingerprint density at radius 1 is 1.14 bits per heavy atom. The molecule has 0 saturated heterocycles. The van der Waals surface area contributed by atoms with Gasteiger partial charge in [-0.1, -0.05) is 0 Å². The Bertz CT molecular complexity index is 520. The van der Waals surface area contributed by atoms with Crippen LogP contribution in [0.15, 0.2) is 24.3 Å². The maximum Gasteiger partial charge on any atom is 0.404 e. The van der Waals surface area contributed by atoms with Crippen LogP contribution >= 0.6 is 7.60 Å². The van der Waals surface area contributed by atoms with Crippen molar-refractivity contribution in [2.75, 3.05) is 13.2 Å². The summed E-state index contributed by atoms with van der Waals surface area (Å²) in [6.07, 6.45) is 0. The fourth-order valence-electron chi connectivity index (χ4n) is 1.59. The molecule has 0 aliphatic carbocycles. The van der Waals surface area contributed by atoms with Gasteiger partial charge in [0.05, 0.1) is 13.2 Å². The summed E-state index contributed by atoms with van der Waals surface area (Å²) >= 11 is 0. The van der Waals surface area contributed by atoms with E-state index in [2.05, 4.69) is 9.05 Å². The van der Waals surface area contributed by atoms with Crippen molar-refractivity contribution >= 4 is 13.6 Å². The Kier molecular flexibility index (Phi) is 6.01. The van der Waals surface area contributed by atoms with E-state index in [0.717, 1.165) is 12.1 Å². The van der Waals surface area contributed by atoms with Crippen LogP contribution in [0.3, 0.4) is 0 Å². The minimum atomic E-state index is -4.63. The lowest BCUT2D eigenvalue weighted by Gasteiger charge is -2.25. The van der Waals surface area contributed by atoms with E-state index in [0.29, 0.717) is 0 Å². The first kappa shape index (κ1) is 17.8. The molecule has 0 heterocycles. The van der Waals surface area contributed by atoms with Gasteiger partial charge in [0.15, 0.2) is 0 Å². The van der Waals surface area contributed by atoms with E-state index in [1.165, 1.54) is 32.9 Å². The van der Waals surface area contributed by atoms with Gasteiger partial charge in [-0.05, 0) is 38.1 Å². The molecule has 1 aromatic carbocycles. The third-order valence-electron chi connectivity index (χ3n) is 2.41. The van der Waals surface area contributed by atoms with E-state index in [1.807, 2.05) is 0 Å². The van der Waals surface area contributed by atoms with Crippen molar-refractivity contribution in [1.29, 1.82) is 0 Å². The molecule has 8 heteroatoms. The largest absolute Gasteiger partial charge is 0.427 e. The molecular formula is C13H17F2O5P. The molecule has 0 aliphatic rings. The predicted octanol–water partition coefficient (Wildman–Crippen LogP) is 3.93. The van der Waals surface area contributed by atoms with Gasteiger partial charge in [-0.15, -0.1) is 0 Å². The fourth-order valence-corrected chi connectivity index (χ4v) is 3.13. The quantitative estimate of drug-likeness (QED) is 0.432. The number of carbonyl (C=O) groups is 1. The number of carbonyl (C=O) groups excluding carboxylic acids is 1. The molecule has 0 amide bonds. The summed E-state index contributed by atoms with van der Waals surface area (Å²) in [6, 6.07) is 4.41. The molecule has 0 saturated carbocycles. The molecule has 0 unspecified atom stereocenters. The molecule has 0 aromatic heterocycles. The molecule has 0 N–H and O–H groups in total. The lowest BCUT2D eigenvalue weighted by molar-refractivity contribution is -0.131. The van der Waals surface area contributed by atoms with Crippen molar-refractivity contribution in [2.45, 2.75) is 26.4 Å². The third kappa shape index (κ3) is 4.09. The second kappa shape index (κ2) is 7.11. The lowest BCUT2D eigenvalue weighted by atomic mass is 10.2. The molecule has 0 spiro atoms. The van der Waals surface area contributed by atoms with Crippen LogP contribution in [0.1, 0.15) is 26.3 Å². The smallest absolute Gasteiger partial charge is 0.404 e. The summed E-state index contributed by atoms with van der Waals surface area (Å²) in [5, 5.41) is 0. The molecule has 0 aliphatic heterocycles. The number of hydrogen-bond acceptors (Lipinski definition) is 5. The van der Waals surface area contributed by atoms with Gasteiger partial charge in [-0.3, -0.25) is 9.36 Å². The fraction of sp³-hybridized carbons (Fsp3) is 0.462. The van der Waals surface area contributed by atoms with Crippen LogP contribution in [0.25, 0.3) is 0 Å². The Labute approximate surface area is 121 Å². The Morgan fingerprint density at radius 2 is 1.62 bits per heavy atom. The van der Waals surface area contributed by atoms with E-state index in [-0.39, 0.29) is 19.0 Å².